The molecule has 2 rings (SSSR count). The van der Waals surface area contributed by atoms with Crippen LogP contribution in [0.5, 0.6) is 0 Å². The van der Waals surface area contributed by atoms with Gasteiger partial charge >= 0.3 is 0 Å². The smallest absolute Gasteiger partial charge is 0.244 e. The Morgan fingerprint density at radius 2 is 1.94 bits per heavy atom. The Hall–Kier alpha value is -1.84. The van der Waals surface area contributed by atoms with Crippen molar-refractivity contribution < 1.29 is 0 Å². The molecule has 0 aliphatic carbocycles. The van der Waals surface area contributed by atoms with Crippen molar-refractivity contribution in [1.82, 2.24) is 15.2 Å². The molecule has 0 saturated heterocycles. The molecule has 1 aromatic carbocycles. The van der Waals surface area contributed by atoms with E-state index in [1.165, 1.54) is 5.56 Å². The van der Waals surface area contributed by atoms with Gasteiger partial charge in [-0.25, -0.2) is 0 Å². The second-order valence-corrected chi connectivity index (χ2v) is 4.29. The van der Waals surface area contributed by atoms with E-state index in [4.69, 9.17) is 0 Å². The van der Waals surface area contributed by atoms with Gasteiger partial charge in [0.15, 0.2) is 0 Å². The number of aromatic nitrogens is 3. The summed E-state index contributed by atoms with van der Waals surface area (Å²) < 4.78 is 0. The molecular formula is C13H18N4. The third-order valence-corrected chi connectivity index (χ3v) is 2.83. The summed E-state index contributed by atoms with van der Waals surface area (Å²) in [6.07, 6.45) is 1.01. The normalized spacial score (nSPS) is 12.4. The molecule has 0 fully saturated rings. The van der Waals surface area contributed by atoms with Gasteiger partial charge in [0.25, 0.3) is 0 Å². The molecule has 1 unspecified atom stereocenters. The minimum atomic E-state index is 0.289. The van der Waals surface area contributed by atoms with E-state index in [0.29, 0.717) is 0 Å². The molecule has 0 bridgehead atoms. The molecule has 1 N–H and O–H groups in total. The standard InChI is InChI=1S/C13H18N4/c1-4-11(10-8-6-5-7-9-10)12-14-13(16-15-12)17(2)3/h5-9,11H,4H2,1-3H3,(H,14,15,16). The van der Waals surface area contributed by atoms with Crippen molar-refractivity contribution in [2.45, 2.75) is 19.3 Å². The number of hydrogen-bond acceptors (Lipinski definition) is 3. The molecule has 0 aliphatic rings. The summed E-state index contributed by atoms with van der Waals surface area (Å²) >= 11 is 0. The first-order valence-electron chi connectivity index (χ1n) is 5.87. The average molecular weight is 230 g/mol. The number of benzene rings is 1. The van der Waals surface area contributed by atoms with E-state index in [1.54, 1.807) is 0 Å². The molecule has 17 heavy (non-hydrogen) atoms. The maximum Gasteiger partial charge on any atom is 0.244 e. The van der Waals surface area contributed by atoms with E-state index < -0.39 is 0 Å². The largest absolute Gasteiger partial charge is 0.346 e. The lowest BCUT2D eigenvalue weighted by Crippen LogP contribution is -2.10. The quantitative estimate of drug-likeness (QED) is 0.877. The summed E-state index contributed by atoms with van der Waals surface area (Å²) in [5, 5.41) is 7.23. The zero-order valence-corrected chi connectivity index (χ0v) is 10.5. The number of nitrogens with one attached hydrogen (secondary N) is 1. The lowest BCUT2D eigenvalue weighted by Gasteiger charge is -2.11. The van der Waals surface area contributed by atoms with Gasteiger partial charge in [-0.05, 0) is 12.0 Å². The molecular weight excluding hydrogens is 212 g/mol. The van der Waals surface area contributed by atoms with Crippen molar-refractivity contribution in [2.24, 2.45) is 0 Å². The molecule has 2 aromatic rings. The van der Waals surface area contributed by atoms with Gasteiger partial charge in [0.1, 0.15) is 5.82 Å². The van der Waals surface area contributed by atoms with Crippen LogP contribution in [0.2, 0.25) is 0 Å². The van der Waals surface area contributed by atoms with Crippen LogP contribution in [0.3, 0.4) is 0 Å². The molecule has 90 valence electrons. The summed E-state index contributed by atoms with van der Waals surface area (Å²) in [5.74, 6) is 1.95. The van der Waals surface area contributed by atoms with E-state index >= 15 is 0 Å². The van der Waals surface area contributed by atoms with Crippen LogP contribution in [-0.4, -0.2) is 29.3 Å². The van der Waals surface area contributed by atoms with Gasteiger partial charge in [0.2, 0.25) is 5.95 Å². The van der Waals surface area contributed by atoms with Gasteiger partial charge < -0.3 is 4.90 Å². The number of hydrogen-bond donors (Lipinski definition) is 1. The van der Waals surface area contributed by atoms with Crippen molar-refractivity contribution in [3.63, 3.8) is 0 Å². The Balaban J connectivity index is 2.29. The Kier molecular flexibility index (Phi) is 3.42. The molecule has 1 aromatic heterocycles. The summed E-state index contributed by atoms with van der Waals surface area (Å²) in [6.45, 7) is 2.16. The molecule has 4 nitrogen and oxygen atoms in total. The van der Waals surface area contributed by atoms with Crippen LogP contribution in [0, 0.1) is 0 Å². The van der Waals surface area contributed by atoms with Gasteiger partial charge in [-0.15, -0.1) is 5.10 Å². The SMILES string of the molecule is CCC(c1ccccc1)c1nc(N(C)C)n[nH]1. The number of nitrogens with zero attached hydrogens (tertiary/aromatic N) is 3. The second-order valence-electron chi connectivity index (χ2n) is 4.29. The van der Waals surface area contributed by atoms with E-state index in [0.717, 1.165) is 18.2 Å². The number of rotatable bonds is 4. The van der Waals surface area contributed by atoms with Crippen LogP contribution in [-0.2, 0) is 0 Å². The lowest BCUT2D eigenvalue weighted by atomic mass is 9.96. The third kappa shape index (κ3) is 2.46. The molecule has 0 aliphatic heterocycles. The molecule has 4 heteroatoms. The Morgan fingerprint density at radius 3 is 2.47 bits per heavy atom. The van der Waals surface area contributed by atoms with Crippen molar-refractivity contribution in [2.75, 3.05) is 19.0 Å². The van der Waals surface area contributed by atoms with Crippen molar-refractivity contribution >= 4 is 5.95 Å². The molecule has 1 heterocycles. The highest BCUT2D eigenvalue weighted by Gasteiger charge is 2.16. The van der Waals surface area contributed by atoms with Crippen LogP contribution in [0.15, 0.2) is 30.3 Å². The zero-order chi connectivity index (χ0) is 12.3. The van der Waals surface area contributed by atoms with Crippen LogP contribution in [0.4, 0.5) is 5.95 Å². The fourth-order valence-electron chi connectivity index (χ4n) is 1.89. The minimum absolute atomic E-state index is 0.289. The summed E-state index contributed by atoms with van der Waals surface area (Å²) in [5.41, 5.74) is 1.27. The predicted molar refractivity (Wildman–Crippen MR) is 69.3 cm³/mol. The topological polar surface area (TPSA) is 44.8 Å². The fraction of sp³-hybridized carbons (Fsp3) is 0.385. The van der Waals surface area contributed by atoms with E-state index in [-0.39, 0.29) is 5.92 Å². The fourth-order valence-corrected chi connectivity index (χ4v) is 1.89. The third-order valence-electron chi connectivity index (χ3n) is 2.83. The van der Waals surface area contributed by atoms with Crippen LogP contribution in [0.1, 0.15) is 30.7 Å². The van der Waals surface area contributed by atoms with E-state index in [9.17, 15) is 0 Å². The highest BCUT2D eigenvalue weighted by atomic mass is 15.3. The first kappa shape index (κ1) is 11.6. The average Bonchev–Trinajstić information content (AvgIpc) is 2.81. The molecule has 0 saturated carbocycles. The zero-order valence-electron chi connectivity index (χ0n) is 10.5. The summed E-state index contributed by atoms with van der Waals surface area (Å²) in [7, 11) is 3.88. The Bertz CT molecular complexity index is 461. The molecule has 0 radical (unpaired) electrons. The molecule has 0 amide bonds. The van der Waals surface area contributed by atoms with Gasteiger partial charge in [0.05, 0.1) is 0 Å². The maximum atomic E-state index is 4.52. The predicted octanol–water partition coefficient (Wildman–Crippen LogP) is 2.41. The van der Waals surface area contributed by atoms with Gasteiger partial charge in [-0.3, -0.25) is 5.10 Å². The van der Waals surface area contributed by atoms with Gasteiger partial charge in [0, 0.05) is 20.0 Å². The Labute approximate surface area is 102 Å². The van der Waals surface area contributed by atoms with Crippen molar-refractivity contribution in [1.29, 1.82) is 0 Å². The van der Waals surface area contributed by atoms with Gasteiger partial charge in [-0.1, -0.05) is 37.3 Å². The second kappa shape index (κ2) is 4.99. The monoisotopic (exact) mass is 230 g/mol. The van der Waals surface area contributed by atoms with Crippen molar-refractivity contribution in [3.05, 3.63) is 41.7 Å². The Morgan fingerprint density at radius 1 is 1.24 bits per heavy atom. The van der Waals surface area contributed by atoms with E-state index in [2.05, 4.69) is 46.4 Å². The lowest BCUT2D eigenvalue weighted by molar-refractivity contribution is 0.721. The number of anilines is 1. The van der Waals surface area contributed by atoms with Crippen molar-refractivity contribution in [3.8, 4) is 0 Å². The number of aromatic amines is 1. The highest BCUT2D eigenvalue weighted by molar-refractivity contribution is 5.30. The van der Waals surface area contributed by atoms with Crippen LogP contribution >= 0.6 is 0 Å². The summed E-state index contributed by atoms with van der Waals surface area (Å²) in [4.78, 5) is 6.42. The first-order chi connectivity index (χ1) is 8.22. The molecule has 0 spiro atoms. The minimum Gasteiger partial charge on any atom is -0.346 e. The first-order valence-corrected chi connectivity index (χ1v) is 5.87. The summed E-state index contributed by atoms with van der Waals surface area (Å²) in [6, 6.07) is 10.4. The van der Waals surface area contributed by atoms with Gasteiger partial charge in [-0.2, -0.15) is 4.98 Å². The van der Waals surface area contributed by atoms with E-state index in [1.807, 2.05) is 25.1 Å². The van der Waals surface area contributed by atoms with Crippen LogP contribution in [0.25, 0.3) is 0 Å². The molecule has 1 atom stereocenters. The number of H-pyrrole nitrogens is 1. The highest BCUT2D eigenvalue weighted by Crippen LogP contribution is 2.25. The van der Waals surface area contributed by atoms with Crippen LogP contribution < -0.4 is 4.90 Å². The maximum absolute atomic E-state index is 4.52.